The topological polar surface area (TPSA) is 72.3 Å². The maximum Gasteiger partial charge on any atom is 0.230 e. The van der Waals surface area contributed by atoms with Crippen molar-refractivity contribution >= 4 is 23.5 Å². The molecule has 2 atom stereocenters. The fraction of sp³-hybridized carbons (Fsp3) is 0.375. The van der Waals surface area contributed by atoms with Crippen LogP contribution in [0.2, 0.25) is 0 Å². The summed E-state index contributed by atoms with van der Waals surface area (Å²) >= 11 is 1.43. The van der Waals surface area contributed by atoms with Gasteiger partial charge in [0.1, 0.15) is 5.82 Å². The lowest BCUT2D eigenvalue weighted by molar-refractivity contribution is -0.118. The maximum atomic E-state index is 12.4. The molecule has 1 saturated heterocycles. The fourth-order valence-corrected chi connectivity index (χ4v) is 4.66. The summed E-state index contributed by atoms with van der Waals surface area (Å²) in [5.41, 5.74) is 3.21. The molecule has 3 aromatic rings. The van der Waals surface area contributed by atoms with E-state index >= 15 is 0 Å². The molecule has 1 N–H and O–H groups in total. The zero-order valence-corrected chi connectivity index (χ0v) is 19.5. The molecule has 32 heavy (non-hydrogen) atoms. The molecule has 1 aromatic carbocycles. The molecule has 4 rings (SSSR count). The Hall–Kier alpha value is -2.84. The fourth-order valence-electron chi connectivity index (χ4n) is 3.87. The molecule has 7 nitrogen and oxygen atoms in total. The lowest BCUT2D eigenvalue weighted by Gasteiger charge is -2.36. The summed E-state index contributed by atoms with van der Waals surface area (Å²) in [4.78, 5) is 23.6. The van der Waals surface area contributed by atoms with E-state index in [4.69, 9.17) is 4.74 Å². The number of nitrogens with zero attached hydrogens (tertiary/aromatic N) is 4. The van der Waals surface area contributed by atoms with Crippen molar-refractivity contribution in [2.24, 2.45) is 0 Å². The summed E-state index contributed by atoms with van der Waals surface area (Å²) in [6.45, 7) is 8.35. The number of hydrogen-bond donors (Lipinski definition) is 1. The molecule has 0 aliphatic carbocycles. The number of para-hydroxylation sites is 1. The van der Waals surface area contributed by atoms with Gasteiger partial charge in [0.2, 0.25) is 5.91 Å². The van der Waals surface area contributed by atoms with Gasteiger partial charge in [-0.25, -0.2) is 9.97 Å². The first-order chi connectivity index (χ1) is 15.5. The molecular formula is C24H29N5O2S. The van der Waals surface area contributed by atoms with E-state index < -0.39 is 0 Å². The molecule has 0 saturated carbocycles. The molecular weight excluding hydrogens is 422 g/mol. The van der Waals surface area contributed by atoms with Crippen LogP contribution in [0.15, 0.2) is 60.1 Å². The quantitative estimate of drug-likeness (QED) is 0.554. The minimum atomic E-state index is -0.0331. The predicted molar refractivity (Wildman–Crippen MR) is 127 cm³/mol. The van der Waals surface area contributed by atoms with Gasteiger partial charge in [0, 0.05) is 38.2 Å². The number of morpholine rings is 1. The molecule has 1 amide bonds. The van der Waals surface area contributed by atoms with Gasteiger partial charge >= 0.3 is 0 Å². The van der Waals surface area contributed by atoms with Crippen molar-refractivity contribution in [3.05, 3.63) is 66.1 Å². The first-order valence-electron chi connectivity index (χ1n) is 10.8. The average molecular weight is 452 g/mol. The molecule has 8 heteroatoms. The number of nitrogens with one attached hydrogen (secondary N) is 1. The molecule has 1 aliphatic heterocycles. The third kappa shape index (κ3) is 5.49. The number of benzene rings is 1. The minimum absolute atomic E-state index is 0.0331. The van der Waals surface area contributed by atoms with Crippen molar-refractivity contribution in [3.8, 4) is 5.69 Å². The number of hydrogen-bond acceptors (Lipinski definition) is 6. The summed E-state index contributed by atoms with van der Waals surface area (Å²) in [5, 5.41) is 3.78. The monoisotopic (exact) mass is 451 g/mol. The summed E-state index contributed by atoms with van der Waals surface area (Å²) in [6, 6.07) is 12.2. The van der Waals surface area contributed by atoms with Gasteiger partial charge in [-0.3, -0.25) is 9.36 Å². The number of amides is 1. The number of aromatic nitrogens is 3. The largest absolute Gasteiger partial charge is 0.372 e. The highest BCUT2D eigenvalue weighted by Crippen LogP contribution is 2.22. The third-order valence-corrected chi connectivity index (χ3v) is 6.32. The number of ether oxygens (including phenoxy) is 1. The van der Waals surface area contributed by atoms with E-state index in [0.717, 1.165) is 40.9 Å². The van der Waals surface area contributed by atoms with Crippen LogP contribution in [0.3, 0.4) is 0 Å². The molecule has 0 bridgehead atoms. The van der Waals surface area contributed by atoms with Crippen LogP contribution in [-0.4, -0.2) is 51.5 Å². The number of carbonyl (C=O) groups is 1. The molecule has 1 aliphatic rings. The van der Waals surface area contributed by atoms with Gasteiger partial charge in [-0.1, -0.05) is 36.0 Å². The van der Waals surface area contributed by atoms with E-state index in [1.165, 1.54) is 11.8 Å². The Balaban J connectivity index is 1.28. The Labute approximate surface area is 193 Å². The summed E-state index contributed by atoms with van der Waals surface area (Å²) in [6.07, 6.45) is 5.90. The summed E-state index contributed by atoms with van der Waals surface area (Å²) < 4.78 is 7.81. The Kier molecular flexibility index (Phi) is 7.12. The highest BCUT2D eigenvalue weighted by molar-refractivity contribution is 7.99. The van der Waals surface area contributed by atoms with Gasteiger partial charge in [0.05, 0.1) is 23.6 Å². The van der Waals surface area contributed by atoms with Crippen molar-refractivity contribution in [2.75, 3.05) is 23.7 Å². The number of aryl methyl sites for hydroxylation is 1. The number of rotatable bonds is 7. The maximum absolute atomic E-state index is 12.4. The van der Waals surface area contributed by atoms with Crippen LogP contribution in [0.25, 0.3) is 5.69 Å². The Morgan fingerprint density at radius 2 is 1.94 bits per heavy atom. The molecule has 0 spiro atoms. The van der Waals surface area contributed by atoms with Crippen LogP contribution in [0.4, 0.5) is 5.82 Å². The SMILES string of the molecule is Cc1ccccc1-n1ccnc1SCC(=O)NCc1ccc(N2CC(C)OC(C)C2)nc1. The van der Waals surface area contributed by atoms with E-state index in [1.54, 1.807) is 6.20 Å². The third-order valence-electron chi connectivity index (χ3n) is 5.36. The van der Waals surface area contributed by atoms with Crippen molar-refractivity contribution in [1.82, 2.24) is 19.9 Å². The number of thioether (sulfide) groups is 1. The summed E-state index contributed by atoms with van der Waals surface area (Å²) in [5.74, 6) is 1.22. The zero-order valence-electron chi connectivity index (χ0n) is 18.7. The van der Waals surface area contributed by atoms with Crippen LogP contribution >= 0.6 is 11.8 Å². The van der Waals surface area contributed by atoms with Gasteiger partial charge in [-0.05, 0) is 44.0 Å². The van der Waals surface area contributed by atoms with Crippen LogP contribution in [0.1, 0.15) is 25.0 Å². The lowest BCUT2D eigenvalue weighted by Crippen LogP contribution is -2.45. The summed E-state index contributed by atoms with van der Waals surface area (Å²) in [7, 11) is 0. The first-order valence-corrected chi connectivity index (χ1v) is 11.8. The average Bonchev–Trinajstić information content (AvgIpc) is 3.24. The molecule has 2 aromatic heterocycles. The smallest absolute Gasteiger partial charge is 0.230 e. The van der Waals surface area contributed by atoms with Gasteiger partial charge in [0.15, 0.2) is 5.16 Å². The molecule has 3 heterocycles. The highest BCUT2D eigenvalue weighted by atomic mass is 32.2. The normalized spacial score (nSPS) is 18.5. The first kappa shape index (κ1) is 22.4. The van der Waals surface area contributed by atoms with Crippen LogP contribution in [0.5, 0.6) is 0 Å². The second-order valence-electron chi connectivity index (χ2n) is 8.12. The second kappa shape index (κ2) is 10.2. The predicted octanol–water partition coefficient (Wildman–Crippen LogP) is 3.60. The van der Waals surface area contributed by atoms with Gasteiger partial charge in [-0.2, -0.15) is 0 Å². The van der Waals surface area contributed by atoms with E-state index in [1.807, 2.05) is 41.2 Å². The Morgan fingerprint density at radius 3 is 2.66 bits per heavy atom. The van der Waals surface area contributed by atoms with Gasteiger partial charge in [0.25, 0.3) is 0 Å². The molecule has 0 radical (unpaired) electrons. The number of pyridine rings is 1. The van der Waals surface area contributed by atoms with Crippen molar-refractivity contribution < 1.29 is 9.53 Å². The van der Waals surface area contributed by atoms with E-state index in [0.29, 0.717) is 12.3 Å². The van der Waals surface area contributed by atoms with E-state index in [-0.39, 0.29) is 18.1 Å². The van der Waals surface area contributed by atoms with Crippen LogP contribution in [0, 0.1) is 6.92 Å². The lowest BCUT2D eigenvalue weighted by atomic mass is 10.2. The minimum Gasteiger partial charge on any atom is -0.372 e. The molecule has 2 unspecified atom stereocenters. The Morgan fingerprint density at radius 1 is 1.16 bits per heavy atom. The second-order valence-corrected chi connectivity index (χ2v) is 9.06. The highest BCUT2D eigenvalue weighted by Gasteiger charge is 2.23. The van der Waals surface area contributed by atoms with Gasteiger partial charge < -0.3 is 15.0 Å². The standard InChI is InChI=1S/C24H29N5O2S/c1-17-6-4-5-7-21(17)29-11-10-25-24(29)32-16-23(30)27-13-20-8-9-22(26-12-20)28-14-18(2)31-19(3)15-28/h4-12,18-19H,13-16H2,1-3H3,(H,27,30). The number of carbonyl (C=O) groups excluding carboxylic acids is 1. The van der Waals surface area contributed by atoms with Crippen molar-refractivity contribution in [1.29, 1.82) is 0 Å². The number of imidazole rings is 1. The van der Waals surface area contributed by atoms with Crippen molar-refractivity contribution in [3.63, 3.8) is 0 Å². The Bertz CT molecular complexity index is 1040. The molecule has 1 fully saturated rings. The zero-order chi connectivity index (χ0) is 22.5. The van der Waals surface area contributed by atoms with E-state index in [9.17, 15) is 4.79 Å². The van der Waals surface area contributed by atoms with Crippen molar-refractivity contribution in [2.45, 2.75) is 44.7 Å². The van der Waals surface area contributed by atoms with Crippen LogP contribution in [-0.2, 0) is 16.1 Å². The number of anilines is 1. The molecule has 168 valence electrons. The van der Waals surface area contributed by atoms with Crippen LogP contribution < -0.4 is 10.2 Å². The van der Waals surface area contributed by atoms with Gasteiger partial charge in [-0.15, -0.1) is 0 Å². The van der Waals surface area contributed by atoms with E-state index in [2.05, 4.69) is 53.1 Å².